The Bertz CT molecular complexity index is 1210. The van der Waals surface area contributed by atoms with E-state index < -0.39 is 11.9 Å². The maximum atomic E-state index is 12.3. The minimum atomic E-state index is -0.495. The SMILES string of the molecule is COc1ccc(CCOc2cc([C@H]3CC(=O)Oc4ccc(C(C)=O)c(O)c43)ccc2OC)cc1. The molecule has 7 nitrogen and oxygen atoms in total. The molecule has 0 aromatic heterocycles. The first-order valence-electron chi connectivity index (χ1n) is 10.9. The summed E-state index contributed by atoms with van der Waals surface area (Å²) in [6.45, 7) is 1.79. The smallest absolute Gasteiger partial charge is 0.312 e. The molecule has 0 amide bonds. The Morgan fingerprint density at radius 2 is 1.79 bits per heavy atom. The van der Waals surface area contributed by atoms with Crippen molar-refractivity contribution < 1.29 is 33.6 Å². The molecular weight excluding hydrogens is 436 g/mol. The Morgan fingerprint density at radius 3 is 2.47 bits per heavy atom. The summed E-state index contributed by atoms with van der Waals surface area (Å²) in [6.07, 6.45) is 0.707. The molecule has 1 N–H and O–H groups in total. The van der Waals surface area contributed by atoms with Crippen LogP contribution in [-0.4, -0.2) is 37.7 Å². The van der Waals surface area contributed by atoms with Crippen molar-refractivity contribution >= 4 is 11.8 Å². The molecule has 0 spiro atoms. The number of benzene rings is 3. The molecule has 1 atom stereocenters. The van der Waals surface area contributed by atoms with Crippen molar-refractivity contribution in [3.05, 3.63) is 76.9 Å². The van der Waals surface area contributed by atoms with Crippen LogP contribution >= 0.6 is 0 Å². The van der Waals surface area contributed by atoms with Crippen LogP contribution in [0.1, 0.15) is 46.3 Å². The van der Waals surface area contributed by atoms with E-state index in [-0.39, 0.29) is 29.3 Å². The molecule has 0 saturated heterocycles. The molecule has 1 aliphatic heterocycles. The number of aromatic hydroxyl groups is 1. The lowest BCUT2D eigenvalue weighted by Gasteiger charge is -2.27. The van der Waals surface area contributed by atoms with Crippen molar-refractivity contribution in [3.63, 3.8) is 0 Å². The van der Waals surface area contributed by atoms with Gasteiger partial charge in [-0.15, -0.1) is 0 Å². The Balaban J connectivity index is 1.62. The molecular formula is C27H26O7. The summed E-state index contributed by atoms with van der Waals surface area (Å²) in [5, 5.41) is 10.8. The minimum Gasteiger partial charge on any atom is -0.507 e. The molecule has 3 aromatic carbocycles. The van der Waals surface area contributed by atoms with Gasteiger partial charge in [-0.1, -0.05) is 18.2 Å². The highest BCUT2D eigenvalue weighted by molar-refractivity contribution is 5.98. The summed E-state index contributed by atoms with van der Waals surface area (Å²) in [5.41, 5.74) is 2.45. The predicted octanol–water partition coefficient (Wildman–Crippen LogP) is 4.67. The zero-order valence-electron chi connectivity index (χ0n) is 19.3. The van der Waals surface area contributed by atoms with Crippen molar-refractivity contribution in [2.24, 2.45) is 0 Å². The fourth-order valence-corrected chi connectivity index (χ4v) is 4.11. The fraction of sp³-hybridized carbons (Fsp3) is 0.259. The van der Waals surface area contributed by atoms with Crippen molar-refractivity contribution in [3.8, 4) is 28.7 Å². The Morgan fingerprint density at radius 1 is 1.03 bits per heavy atom. The third-order valence-corrected chi connectivity index (χ3v) is 5.90. The number of ether oxygens (including phenoxy) is 4. The standard InChI is InChI=1S/C27H26O7/c1-16(28)20-9-11-23-26(27(20)30)21(15-25(29)34-23)18-6-10-22(32-3)24(14-18)33-13-12-17-4-7-19(31-2)8-5-17/h4-11,14,21,30H,12-13,15H2,1-3H3/t21-/m1/s1. The number of hydrogen-bond acceptors (Lipinski definition) is 7. The second-order valence-corrected chi connectivity index (χ2v) is 8.02. The summed E-state index contributed by atoms with van der Waals surface area (Å²) >= 11 is 0. The van der Waals surface area contributed by atoms with E-state index in [2.05, 4.69) is 0 Å². The third kappa shape index (κ3) is 4.69. The van der Waals surface area contributed by atoms with Gasteiger partial charge in [-0.25, -0.2) is 0 Å². The lowest BCUT2D eigenvalue weighted by molar-refractivity contribution is -0.135. The lowest BCUT2D eigenvalue weighted by atomic mass is 9.84. The first-order chi connectivity index (χ1) is 16.4. The van der Waals surface area contributed by atoms with Crippen LogP contribution in [0.15, 0.2) is 54.6 Å². The molecule has 0 unspecified atom stereocenters. The van der Waals surface area contributed by atoms with Gasteiger partial charge in [-0.3, -0.25) is 9.59 Å². The number of phenols is 1. The van der Waals surface area contributed by atoms with E-state index in [1.165, 1.54) is 13.0 Å². The second kappa shape index (κ2) is 9.87. The fourth-order valence-electron chi connectivity index (χ4n) is 4.11. The zero-order valence-corrected chi connectivity index (χ0v) is 19.3. The monoisotopic (exact) mass is 462 g/mol. The summed E-state index contributed by atoms with van der Waals surface area (Å²) < 4.78 is 22.0. The summed E-state index contributed by atoms with van der Waals surface area (Å²) in [6, 6.07) is 16.2. The van der Waals surface area contributed by atoms with Crippen LogP contribution in [0.2, 0.25) is 0 Å². The van der Waals surface area contributed by atoms with Gasteiger partial charge < -0.3 is 24.1 Å². The number of fused-ring (bicyclic) bond motifs is 1. The van der Waals surface area contributed by atoms with Crippen molar-refractivity contribution in [1.82, 2.24) is 0 Å². The first kappa shape index (κ1) is 23.2. The normalized spacial score (nSPS) is 14.7. The summed E-state index contributed by atoms with van der Waals surface area (Å²) in [4.78, 5) is 24.2. The number of phenolic OH excluding ortho intramolecular Hbond substituents is 1. The Hall–Kier alpha value is -4.00. The van der Waals surface area contributed by atoms with E-state index in [4.69, 9.17) is 18.9 Å². The lowest BCUT2D eigenvalue weighted by Crippen LogP contribution is -2.21. The maximum Gasteiger partial charge on any atom is 0.312 e. The molecule has 0 aliphatic carbocycles. The van der Waals surface area contributed by atoms with E-state index in [1.807, 2.05) is 30.3 Å². The number of esters is 1. The molecule has 0 saturated carbocycles. The molecule has 1 aliphatic rings. The molecule has 0 bridgehead atoms. The largest absolute Gasteiger partial charge is 0.507 e. The second-order valence-electron chi connectivity index (χ2n) is 8.02. The number of ketones is 1. The van der Waals surface area contributed by atoms with Crippen LogP contribution in [0.4, 0.5) is 0 Å². The van der Waals surface area contributed by atoms with E-state index in [0.29, 0.717) is 30.1 Å². The highest BCUT2D eigenvalue weighted by Gasteiger charge is 2.33. The number of methoxy groups -OCH3 is 2. The van der Waals surface area contributed by atoms with Gasteiger partial charge in [0.1, 0.15) is 17.2 Å². The molecule has 7 heteroatoms. The molecule has 176 valence electrons. The van der Waals surface area contributed by atoms with Gasteiger partial charge in [-0.2, -0.15) is 0 Å². The topological polar surface area (TPSA) is 91.3 Å². The summed E-state index contributed by atoms with van der Waals surface area (Å²) in [7, 11) is 3.19. The van der Waals surface area contributed by atoms with Crippen molar-refractivity contribution in [1.29, 1.82) is 0 Å². The van der Waals surface area contributed by atoms with Crippen molar-refractivity contribution in [2.75, 3.05) is 20.8 Å². The van der Waals surface area contributed by atoms with Crippen LogP contribution in [0.25, 0.3) is 0 Å². The number of carbonyl (C=O) groups excluding carboxylic acids is 2. The predicted molar refractivity (Wildman–Crippen MR) is 125 cm³/mol. The number of rotatable bonds is 8. The average molecular weight is 462 g/mol. The van der Waals surface area contributed by atoms with Gasteiger partial charge in [0.15, 0.2) is 17.3 Å². The Kier molecular flexibility index (Phi) is 6.72. The quantitative estimate of drug-likeness (QED) is 0.295. The number of hydrogen-bond donors (Lipinski definition) is 1. The van der Waals surface area contributed by atoms with Crippen LogP contribution in [-0.2, 0) is 11.2 Å². The molecule has 4 rings (SSSR count). The van der Waals surface area contributed by atoms with Gasteiger partial charge in [0, 0.05) is 17.9 Å². The van der Waals surface area contributed by atoms with Gasteiger partial charge >= 0.3 is 5.97 Å². The average Bonchev–Trinajstić information content (AvgIpc) is 2.83. The van der Waals surface area contributed by atoms with Crippen LogP contribution in [0.5, 0.6) is 28.7 Å². The first-order valence-corrected chi connectivity index (χ1v) is 10.9. The highest BCUT2D eigenvalue weighted by atomic mass is 16.5. The molecule has 3 aromatic rings. The van der Waals surface area contributed by atoms with E-state index in [0.717, 1.165) is 16.9 Å². The highest BCUT2D eigenvalue weighted by Crippen LogP contribution is 2.46. The number of Topliss-reactive ketones (excluding diaryl/α,β-unsaturated/α-hetero) is 1. The van der Waals surface area contributed by atoms with E-state index >= 15 is 0 Å². The molecule has 34 heavy (non-hydrogen) atoms. The van der Waals surface area contributed by atoms with E-state index in [9.17, 15) is 14.7 Å². The molecule has 0 fully saturated rings. The van der Waals surface area contributed by atoms with Crippen LogP contribution in [0.3, 0.4) is 0 Å². The Labute approximate surface area is 197 Å². The van der Waals surface area contributed by atoms with Gasteiger partial charge in [-0.05, 0) is 54.4 Å². The minimum absolute atomic E-state index is 0.0273. The van der Waals surface area contributed by atoms with Crippen molar-refractivity contribution in [2.45, 2.75) is 25.7 Å². The third-order valence-electron chi connectivity index (χ3n) is 5.90. The molecule has 0 radical (unpaired) electrons. The summed E-state index contributed by atoms with van der Waals surface area (Å²) in [5.74, 6) is 0.780. The van der Waals surface area contributed by atoms with Crippen LogP contribution < -0.4 is 18.9 Å². The number of carbonyl (C=O) groups is 2. The molecule has 1 heterocycles. The zero-order chi connectivity index (χ0) is 24.2. The van der Waals surface area contributed by atoms with Gasteiger partial charge in [0.25, 0.3) is 0 Å². The van der Waals surface area contributed by atoms with Gasteiger partial charge in [0.05, 0.1) is 32.8 Å². The van der Waals surface area contributed by atoms with Crippen LogP contribution in [0, 0.1) is 0 Å². The maximum absolute atomic E-state index is 12.3. The van der Waals surface area contributed by atoms with Gasteiger partial charge in [0.2, 0.25) is 0 Å². The van der Waals surface area contributed by atoms with E-state index in [1.54, 1.807) is 32.4 Å².